The molecular weight excluding hydrogens is 424 g/mol. The zero-order valence-corrected chi connectivity index (χ0v) is 19.6. The molecule has 0 aromatic heterocycles. The number of rotatable bonds is 5. The van der Waals surface area contributed by atoms with E-state index in [-0.39, 0.29) is 24.2 Å². The van der Waals surface area contributed by atoms with E-state index in [0.717, 1.165) is 37.4 Å². The third kappa shape index (κ3) is 5.35. The molecule has 0 unspecified atom stereocenters. The maximum Gasteiger partial charge on any atom is 0.307 e. The summed E-state index contributed by atoms with van der Waals surface area (Å²) in [4.78, 5) is 54.6. The quantitative estimate of drug-likeness (QED) is 0.527. The molecule has 3 heterocycles. The Kier molecular flexibility index (Phi) is 6.43. The number of fused-ring (bicyclic) bond motifs is 1. The van der Waals surface area contributed by atoms with Gasteiger partial charge in [0.25, 0.3) is 5.91 Å². The summed E-state index contributed by atoms with van der Waals surface area (Å²) in [5, 5.41) is 2.34. The van der Waals surface area contributed by atoms with Gasteiger partial charge in [0.2, 0.25) is 11.8 Å². The van der Waals surface area contributed by atoms with Gasteiger partial charge in [-0.15, -0.1) is 0 Å². The minimum Gasteiger partial charge on any atom is -0.460 e. The summed E-state index contributed by atoms with van der Waals surface area (Å²) < 4.78 is 5.39. The van der Waals surface area contributed by atoms with Crippen LogP contribution in [0.25, 0.3) is 0 Å². The number of ether oxygens (including phenoxy) is 1. The van der Waals surface area contributed by atoms with Gasteiger partial charge in [-0.3, -0.25) is 29.4 Å². The molecule has 33 heavy (non-hydrogen) atoms. The van der Waals surface area contributed by atoms with Gasteiger partial charge in [-0.2, -0.15) is 0 Å². The number of carbonyl (C=O) groups is 4. The molecule has 0 aliphatic carbocycles. The Morgan fingerprint density at radius 3 is 2.52 bits per heavy atom. The van der Waals surface area contributed by atoms with Gasteiger partial charge in [-0.25, -0.2) is 0 Å². The Balaban J connectivity index is 1.32. The Labute approximate surface area is 194 Å². The van der Waals surface area contributed by atoms with Crippen molar-refractivity contribution in [3.63, 3.8) is 0 Å². The third-order valence-corrected chi connectivity index (χ3v) is 6.30. The first-order valence-corrected chi connectivity index (χ1v) is 11.6. The van der Waals surface area contributed by atoms with Gasteiger partial charge < -0.3 is 14.5 Å². The summed E-state index contributed by atoms with van der Waals surface area (Å²) >= 11 is 0. The van der Waals surface area contributed by atoms with E-state index in [0.29, 0.717) is 31.5 Å². The fourth-order valence-corrected chi connectivity index (χ4v) is 4.63. The van der Waals surface area contributed by atoms with Crippen LogP contribution in [0.5, 0.6) is 0 Å². The lowest BCUT2D eigenvalue weighted by atomic mass is 10.0. The molecule has 0 saturated carbocycles. The van der Waals surface area contributed by atoms with E-state index < -0.39 is 17.6 Å². The smallest absolute Gasteiger partial charge is 0.307 e. The molecule has 9 nitrogen and oxygen atoms in total. The van der Waals surface area contributed by atoms with E-state index in [9.17, 15) is 19.2 Å². The van der Waals surface area contributed by atoms with E-state index in [1.807, 2.05) is 39.0 Å². The summed E-state index contributed by atoms with van der Waals surface area (Å²) in [5.41, 5.74) is 2.13. The van der Waals surface area contributed by atoms with E-state index in [4.69, 9.17) is 4.74 Å². The minimum absolute atomic E-state index is 0.155. The number of piperidine rings is 1. The van der Waals surface area contributed by atoms with E-state index in [1.54, 1.807) is 4.90 Å². The molecule has 3 aliphatic heterocycles. The second-order valence-electron chi connectivity index (χ2n) is 9.91. The average molecular weight is 457 g/mol. The van der Waals surface area contributed by atoms with Crippen molar-refractivity contribution in [3.8, 4) is 0 Å². The largest absolute Gasteiger partial charge is 0.460 e. The first-order chi connectivity index (χ1) is 15.6. The molecule has 3 amide bonds. The number of hydrogen-bond donors (Lipinski definition) is 1. The van der Waals surface area contributed by atoms with Crippen molar-refractivity contribution in [3.05, 3.63) is 29.3 Å². The number of anilines is 1. The number of imide groups is 1. The van der Waals surface area contributed by atoms with Gasteiger partial charge in [0.05, 0.1) is 6.42 Å². The molecule has 2 fully saturated rings. The second kappa shape index (κ2) is 9.13. The normalized spacial score (nSPS) is 21.8. The zero-order valence-electron chi connectivity index (χ0n) is 19.6. The van der Waals surface area contributed by atoms with Crippen LogP contribution < -0.4 is 10.2 Å². The summed E-state index contributed by atoms with van der Waals surface area (Å²) in [6.07, 6.45) is 0.997. The van der Waals surface area contributed by atoms with Crippen LogP contribution in [-0.4, -0.2) is 77.9 Å². The van der Waals surface area contributed by atoms with E-state index in [2.05, 4.69) is 15.1 Å². The molecule has 1 aromatic rings. The predicted octanol–water partition coefficient (Wildman–Crippen LogP) is 1.30. The Bertz CT molecular complexity index is 962. The summed E-state index contributed by atoms with van der Waals surface area (Å²) in [7, 11) is 0. The Morgan fingerprint density at radius 1 is 1.12 bits per heavy atom. The zero-order chi connectivity index (χ0) is 23.8. The number of benzene rings is 1. The fourth-order valence-electron chi connectivity index (χ4n) is 4.63. The molecule has 1 aromatic carbocycles. The van der Waals surface area contributed by atoms with E-state index in [1.165, 1.54) is 0 Å². The fraction of sp³-hybridized carbons (Fsp3) is 0.583. The Hall–Kier alpha value is -2.94. The van der Waals surface area contributed by atoms with Crippen LogP contribution in [0.15, 0.2) is 18.2 Å². The standard InChI is InChI=1S/C24H32N4O5/c1-24(2,3)33-21(30)8-9-26-10-12-27(13-11-26)17-4-5-18-16(14-17)15-28(23(18)32)19-6-7-20(29)25-22(19)31/h4-5,14,19H,6-13,15H2,1-3H3,(H,25,29,31)/t19-/m0/s1. The monoisotopic (exact) mass is 456 g/mol. The Morgan fingerprint density at radius 2 is 1.85 bits per heavy atom. The number of carbonyl (C=O) groups excluding carboxylic acids is 4. The molecule has 2 saturated heterocycles. The third-order valence-electron chi connectivity index (χ3n) is 6.30. The van der Waals surface area contributed by atoms with Gasteiger partial charge in [0.1, 0.15) is 11.6 Å². The number of hydrogen-bond acceptors (Lipinski definition) is 7. The summed E-state index contributed by atoms with van der Waals surface area (Å²) in [6, 6.07) is 5.24. The van der Waals surface area contributed by atoms with Crippen molar-refractivity contribution in [1.29, 1.82) is 0 Å². The van der Waals surface area contributed by atoms with Crippen LogP contribution in [0.1, 0.15) is 56.0 Å². The lowest BCUT2D eigenvalue weighted by Crippen LogP contribution is -2.52. The van der Waals surface area contributed by atoms with Crippen molar-refractivity contribution >= 4 is 29.4 Å². The molecule has 9 heteroatoms. The van der Waals surface area contributed by atoms with Gasteiger partial charge >= 0.3 is 5.97 Å². The lowest BCUT2D eigenvalue weighted by molar-refractivity contribution is -0.155. The maximum absolute atomic E-state index is 12.9. The topological polar surface area (TPSA) is 99.3 Å². The first kappa shape index (κ1) is 23.2. The molecule has 3 aliphatic rings. The van der Waals surface area contributed by atoms with Crippen molar-refractivity contribution in [2.45, 2.75) is 58.2 Å². The maximum atomic E-state index is 12.9. The van der Waals surface area contributed by atoms with E-state index >= 15 is 0 Å². The highest BCUT2D eigenvalue weighted by Gasteiger charge is 2.39. The van der Waals surface area contributed by atoms with Crippen LogP contribution in [0.4, 0.5) is 5.69 Å². The number of nitrogens with one attached hydrogen (secondary N) is 1. The number of amides is 3. The second-order valence-corrected chi connectivity index (χ2v) is 9.91. The van der Waals surface area contributed by atoms with Crippen LogP contribution >= 0.6 is 0 Å². The molecule has 0 spiro atoms. The molecule has 4 rings (SSSR count). The van der Waals surface area contributed by atoms with Crippen LogP contribution in [0.2, 0.25) is 0 Å². The van der Waals surface area contributed by atoms with Crippen LogP contribution in [0, 0.1) is 0 Å². The molecule has 0 bridgehead atoms. The highest BCUT2D eigenvalue weighted by atomic mass is 16.6. The van der Waals surface area contributed by atoms with Gasteiger partial charge in [0, 0.05) is 56.9 Å². The lowest BCUT2D eigenvalue weighted by Gasteiger charge is -2.36. The molecular formula is C24H32N4O5. The average Bonchev–Trinajstić information content (AvgIpc) is 3.07. The molecule has 0 radical (unpaired) electrons. The first-order valence-electron chi connectivity index (χ1n) is 11.6. The summed E-state index contributed by atoms with van der Waals surface area (Å²) in [5.74, 6) is -1.00. The van der Waals surface area contributed by atoms with Crippen molar-refractivity contribution < 1.29 is 23.9 Å². The molecule has 1 N–H and O–H groups in total. The number of piperazine rings is 1. The van der Waals surface area contributed by atoms with Gasteiger partial charge in [0.15, 0.2) is 0 Å². The van der Waals surface area contributed by atoms with Gasteiger partial charge in [-0.05, 0) is 51.0 Å². The number of nitrogens with zero attached hydrogens (tertiary/aromatic N) is 3. The highest BCUT2D eigenvalue weighted by molar-refractivity contribution is 6.05. The van der Waals surface area contributed by atoms with Crippen molar-refractivity contribution in [2.24, 2.45) is 0 Å². The summed E-state index contributed by atoms with van der Waals surface area (Å²) in [6.45, 7) is 10.0. The number of esters is 1. The van der Waals surface area contributed by atoms with Crippen molar-refractivity contribution in [1.82, 2.24) is 15.1 Å². The van der Waals surface area contributed by atoms with Crippen molar-refractivity contribution in [2.75, 3.05) is 37.6 Å². The SMILES string of the molecule is CC(C)(C)OC(=O)CCN1CCN(c2ccc3c(c2)CN([C@H]2CCC(=O)NC2=O)C3=O)CC1. The molecule has 178 valence electrons. The van der Waals surface area contributed by atoms with Crippen LogP contribution in [-0.2, 0) is 25.7 Å². The highest BCUT2D eigenvalue weighted by Crippen LogP contribution is 2.31. The van der Waals surface area contributed by atoms with Crippen LogP contribution in [0.3, 0.4) is 0 Å². The minimum atomic E-state index is -0.598. The predicted molar refractivity (Wildman–Crippen MR) is 122 cm³/mol. The molecule has 1 atom stereocenters. The van der Waals surface area contributed by atoms with Gasteiger partial charge in [-0.1, -0.05) is 0 Å².